The first-order valence-corrected chi connectivity index (χ1v) is 11.4. The molecule has 0 spiro atoms. The number of benzene rings is 2. The summed E-state index contributed by atoms with van der Waals surface area (Å²) in [6.07, 6.45) is 4.82. The zero-order chi connectivity index (χ0) is 21.8. The number of hydrogen-bond acceptors (Lipinski definition) is 5. The molecule has 0 aliphatic heterocycles. The van der Waals surface area contributed by atoms with Gasteiger partial charge in [-0.1, -0.05) is 43.5 Å². The molecule has 2 aromatic heterocycles. The van der Waals surface area contributed by atoms with Gasteiger partial charge in [0.05, 0.1) is 24.9 Å². The Labute approximate surface area is 189 Å². The van der Waals surface area contributed by atoms with Crippen LogP contribution in [0.5, 0.6) is 11.5 Å². The average Bonchev–Trinajstić information content (AvgIpc) is 3.23. The van der Waals surface area contributed by atoms with Crippen molar-refractivity contribution in [1.29, 1.82) is 0 Å². The maximum absolute atomic E-state index is 13.2. The van der Waals surface area contributed by atoms with Crippen molar-refractivity contribution in [3.8, 4) is 27.6 Å². The van der Waals surface area contributed by atoms with Crippen LogP contribution in [0.1, 0.15) is 26.2 Å². The summed E-state index contributed by atoms with van der Waals surface area (Å²) in [7, 11) is 1.60. The number of rotatable bonds is 8. The lowest BCUT2D eigenvalue weighted by atomic mass is 10.2. The smallest absolute Gasteiger partial charge is 0.275 e. The van der Waals surface area contributed by atoms with Crippen molar-refractivity contribution < 1.29 is 9.47 Å². The predicted octanol–water partition coefficient (Wildman–Crippen LogP) is 6.35. The van der Waals surface area contributed by atoms with Gasteiger partial charge < -0.3 is 9.47 Å². The second-order valence-corrected chi connectivity index (χ2v) is 8.63. The maximum Gasteiger partial charge on any atom is 0.275 e. The Kier molecular flexibility index (Phi) is 6.59. The molecule has 2 heterocycles. The van der Waals surface area contributed by atoms with Crippen molar-refractivity contribution in [2.75, 3.05) is 13.7 Å². The Bertz CT molecular complexity index is 1250. The lowest BCUT2D eigenvalue weighted by Gasteiger charge is -2.13. The number of aromatic nitrogens is 2. The monoisotopic (exact) mass is 454 g/mol. The van der Waals surface area contributed by atoms with E-state index in [0.29, 0.717) is 39.0 Å². The standard InChI is InChI=1S/C24H23ClN2O3S/c1-3-4-5-12-30-20-11-10-18(13-21(20)29-2)27-15-26-19-14-22(31-23(19)24(27)28)16-6-8-17(25)9-7-16/h6-11,13-15H,3-5,12H2,1-2H3. The highest BCUT2D eigenvalue weighted by Gasteiger charge is 2.13. The van der Waals surface area contributed by atoms with Crippen molar-refractivity contribution in [3.63, 3.8) is 0 Å². The van der Waals surface area contributed by atoms with Crippen LogP contribution in [0.25, 0.3) is 26.3 Å². The molecule has 0 aliphatic rings. The van der Waals surface area contributed by atoms with E-state index in [1.807, 2.05) is 42.5 Å². The van der Waals surface area contributed by atoms with Crippen LogP contribution < -0.4 is 15.0 Å². The molecule has 0 aliphatic carbocycles. The molecule has 0 unspecified atom stereocenters. The Morgan fingerprint density at radius 2 is 1.87 bits per heavy atom. The highest BCUT2D eigenvalue weighted by Crippen LogP contribution is 2.33. The third-order valence-electron chi connectivity index (χ3n) is 5.00. The zero-order valence-electron chi connectivity index (χ0n) is 17.4. The Morgan fingerprint density at radius 3 is 2.61 bits per heavy atom. The molecular formula is C24H23ClN2O3S. The highest BCUT2D eigenvalue weighted by molar-refractivity contribution is 7.22. The Hall–Kier alpha value is -2.83. The fourth-order valence-corrected chi connectivity index (χ4v) is 4.48. The first-order chi connectivity index (χ1) is 15.1. The Balaban J connectivity index is 1.67. The van der Waals surface area contributed by atoms with E-state index < -0.39 is 0 Å². The van der Waals surface area contributed by atoms with Crippen LogP contribution >= 0.6 is 22.9 Å². The molecule has 160 valence electrons. The summed E-state index contributed by atoms with van der Waals surface area (Å²) in [4.78, 5) is 18.7. The second kappa shape index (κ2) is 9.54. The van der Waals surface area contributed by atoms with E-state index in [-0.39, 0.29) is 5.56 Å². The number of halogens is 1. The van der Waals surface area contributed by atoms with Gasteiger partial charge in [0.25, 0.3) is 5.56 Å². The quantitative estimate of drug-likeness (QED) is 0.291. The fraction of sp³-hybridized carbons (Fsp3) is 0.250. The third-order valence-corrected chi connectivity index (χ3v) is 6.41. The zero-order valence-corrected chi connectivity index (χ0v) is 19.0. The molecule has 0 radical (unpaired) electrons. The van der Waals surface area contributed by atoms with Gasteiger partial charge in [0.2, 0.25) is 0 Å². The molecule has 31 heavy (non-hydrogen) atoms. The minimum atomic E-state index is -0.117. The van der Waals surface area contributed by atoms with E-state index >= 15 is 0 Å². The van der Waals surface area contributed by atoms with Crippen molar-refractivity contribution in [2.24, 2.45) is 0 Å². The van der Waals surface area contributed by atoms with Crippen LogP contribution in [0.15, 0.2) is 59.7 Å². The first kappa shape index (κ1) is 21.4. The predicted molar refractivity (Wildman–Crippen MR) is 127 cm³/mol. The van der Waals surface area contributed by atoms with Crippen molar-refractivity contribution >= 4 is 33.2 Å². The number of thiophene rings is 1. The minimum Gasteiger partial charge on any atom is -0.493 e. The normalized spacial score (nSPS) is 11.1. The molecule has 7 heteroatoms. The van der Waals surface area contributed by atoms with Gasteiger partial charge >= 0.3 is 0 Å². The van der Waals surface area contributed by atoms with E-state index in [2.05, 4.69) is 11.9 Å². The summed E-state index contributed by atoms with van der Waals surface area (Å²) < 4.78 is 13.5. The molecule has 0 N–H and O–H groups in total. The maximum atomic E-state index is 13.2. The lowest BCUT2D eigenvalue weighted by molar-refractivity contribution is 0.286. The van der Waals surface area contributed by atoms with Gasteiger partial charge in [-0.05, 0) is 42.3 Å². The highest BCUT2D eigenvalue weighted by atomic mass is 35.5. The van der Waals surface area contributed by atoms with Gasteiger partial charge in [-0.15, -0.1) is 11.3 Å². The number of nitrogens with zero attached hydrogens (tertiary/aromatic N) is 2. The topological polar surface area (TPSA) is 53.4 Å². The summed E-state index contributed by atoms with van der Waals surface area (Å²) in [6, 6.07) is 15.0. The number of hydrogen-bond donors (Lipinski definition) is 0. The molecular weight excluding hydrogens is 432 g/mol. The van der Waals surface area contributed by atoms with Gasteiger partial charge in [-0.2, -0.15) is 0 Å². The third kappa shape index (κ3) is 4.60. The molecule has 2 aromatic carbocycles. The molecule has 4 aromatic rings. The number of ether oxygens (including phenoxy) is 2. The van der Waals surface area contributed by atoms with E-state index in [9.17, 15) is 4.79 Å². The van der Waals surface area contributed by atoms with Crippen LogP contribution in [0.4, 0.5) is 0 Å². The van der Waals surface area contributed by atoms with Crippen LogP contribution in [0.2, 0.25) is 5.02 Å². The summed E-state index contributed by atoms with van der Waals surface area (Å²) in [5.74, 6) is 1.26. The van der Waals surface area contributed by atoms with Crippen molar-refractivity contribution in [3.05, 3.63) is 70.2 Å². The lowest BCUT2D eigenvalue weighted by Crippen LogP contribution is -2.17. The van der Waals surface area contributed by atoms with E-state index in [4.69, 9.17) is 21.1 Å². The van der Waals surface area contributed by atoms with Gasteiger partial charge in [0.1, 0.15) is 11.0 Å². The van der Waals surface area contributed by atoms with Crippen molar-refractivity contribution in [1.82, 2.24) is 9.55 Å². The van der Waals surface area contributed by atoms with Gasteiger partial charge in [0.15, 0.2) is 11.5 Å². The number of fused-ring (bicyclic) bond motifs is 1. The Morgan fingerprint density at radius 1 is 1.06 bits per heavy atom. The summed E-state index contributed by atoms with van der Waals surface area (Å²) >= 11 is 7.41. The van der Waals surface area contributed by atoms with Crippen LogP contribution in [-0.2, 0) is 0 Å². The summed E-state index contributed by atoms with van der Waals surface area (Å²) in [5.41, 5.74) is 2.25. The van der Waals surface area contributed by atoms with Crippen molar-refractivity contribution in [2.45, 2.75) is 26.2 Å². The second-order valence-electron chi connectivity index (χ2n) is 7.14. The molecule has 0 saturated heterocycles. The molecule has 0 atom stereocenters. The molecule has 0 bridgehead atoms. The SMILES string of the molecule is CCCCCOc1ccc(-n2cnc3cc(-c4ccc(Cl)cc4)sc3c2=O)cc1OC. The number of methoxy groups -OCH3 is 1. The van der Waals surface area contributed by atoms with E-state index in [1.54, 1.807) is 19.5 Å². The fourth-order valence-electron chi connectivity index (χ4n) is 3.31. The minimum absolute atomic E-state index is 0.117. The number of unbranched alkanes of at least 4 members (excludes halogenated alkanes) is 2. The van der Waals surface area contributed by atoms with Crippen LogP contribution in [-0.4, -0.2) is 23.3 Å². The molecule has 4 rings (SSSR count). The summed E-state index contributed by atoms with van der Waals surface area (Å²) in [5, 5.41) is 0.678. The molecule has 5 nitrogen and oxygen atoms in total. The molecule has 0 fully saturated rings. The van der Waals surface area contributed by atoms with Gasteiger partial charge in [-0.25, -0.2) is 4.98 Å². The summed E-state index contributed by atoms with van der Waals surface area (Å²) in [6.45, 7) is 2.80. The van der Waals surface area contributed by atoms with Crippen LogP contribution in [0.3, 0.4) is 0 Å². The largest absolute Gasteiger partial charge is 0.493 e. The van der Waals surface area contributed by atoms with E-state index in [1.165, 1.54) is 15.9 Å². The van der Waals surface area contributed by atoms with E-state index in [0.717, 1.165) is 29.7 Å². The van der Waals surface area contributed by atoms with Gasteiger partial charge in [0, 0.05) is 16.0 Å². The first-order valence-electron chi connectivity index (χ1n) is 10.2. The van der Waals surface area contributed by atoms with Crippen LogP contribution in [0, 0.1) is 0 Å². The molecule has 0 saturated carbocycles. The molecule has 0 amide bonds. The average molecular weight is 455 g/mol. The van der Waals surface area contributed by atoms with Gasteiger partial charge in [-0.3, -0.25) is 9.36 Å².